The number of aryl methyl sites for hydroxylation is 2. The van der Waals surface area contributed by atoms with Crippen molar-refractivity contribution in [2.75, 3.05) is 12.3 Å². The van der Waals surface area contributed by atoms with E-state index in [0.717, 1.165) is 36.1 Å². The molecule has 1 fully saturated rings. The number of carboxylic acids is 1. The molecule has 0 amide bonds. The molecule has 0 saturated heterocycles. The topological polar surface area (TPSA) is 103 Å². The lowest BCUT2D eigenvalue weighted by atomic mass is 9.83. The van der Waals surface area contributed by atoms with Gasteiger partial charge in [-0.3, -0.25) is 9.78 Å². The van der Waals surface area contributed by atoms with Crippen LogP contribution in [0.25, 0.3) is 10.9 Å². The van der Waals surface area contributed by atoms with Gasteiger partial charge in [-0.25, -0.2) is 4.79 Å². The SMILES string of the molecule is CCOC(=O)Cc1nc2ccc(CC)c(CCC3CCCCC3)c2c(N)c1C(=O)O. The summed E-state index contributed by atoms with van der Waals surface area (Å²) in [4.78, 5) is 28.6. The Morgan fingerprint density at radius 1 is 1.20 bits per heavy atom. The Kier molecular flexibility index (Phi) is 7.29. The molecule has 1 heterocycles. The van der Waals surface area contributed by atoms with Crippen molar-refractivity contribution in [2.24, 2.45) is 5.92 Å². The van der Waals surface area contributed by atoms with Crippen LogP contribution in [-0.2, 0) is 28.8 Å². The number of carbonyl (C=O) groups is 2. The number of esters is 1. The zero-order chi connectivity index (χ0) is 21.7. The van der Waals surface area contributed by atoms with Gasteiger partial charge < -0.3 is 15.6 Å². The number of nitrogens with two attached hydrogens (primary N) is 1. The Hall–Kier alpha value is -2.63. The maximum Gasteiger partial charge on any atom is 0.339 e. The highest BCUT2D eigenvalue weighted by Gasteiger charge is 2.24. The van der Waals surface area contributed by atoms with E-state index < -0.39 is 11.9 Å². The van der Waals surface area contributed by atoms with Crippen molar-refractivity contribution in [2.45, 2.75) is 71.6 Å². The van der Waals surface area contributed by atoms with Crippen LogP contribution in [0.3, 0.4) is 0 Å². The smallest absolute Gasteiger partial charge is 0.339 e. The molecule has 1 aromatic carbocycles. The first kappa shape index (κ1) is 22.1. The number of aromatic carboxylic acids is 1. The molecule has 1 aliphatic carbocycles. The van der Waals surface area contributed by atoms with Crippen LogP contribution in [0.15, 0.2) is 12.1 Å². The number of hydrogen-bond acceptors (Lipinski definition) is 5. The summed E-state index contributed by atoms with van der Waals surface area (Å²) >= 11 is 0. The lowest BCUT2D eigenvalue weighted by Crippen LogP contribution is -2.16. The molecule has 0 atom stereocenters. The molecule has 162 valence electrons. The largest absolute Gasteiger partial charge is 0.478 e. The van der Waals surface area contributed by atoms with E-state index in [1.165, 1.54) is 37.7 Å². The molecular weight excluding hydrogens is 380 g/mol. The van der Waals surface area contributed by atoms with Gasteiger partial charge in [-0.15, -0.1) is 0 Å². The van der Waals surface area contributed by atoms with Crippen molar-refractivity contribution in [1.82, 2.24) is 4.98 Å². The number of fused-ring (bicyclic) bond motifs is 1. The van der Waals surface area contributed by atoms with Crippen LogP contribution in [-0.4, -0.2) is 28.6 Å². The number of carboxylic acid groups (broad SMARTS) is 1. The molecule has 0 radical (unpaired) electrons. The number of benzene rings is 1. The summed E-state index contributed by atoms with van der Waals surface area (Å²) in [7, 11) is 0. The monoisotopic (exact) mass is 412 g/mol. The Balaban J connectivity index is 2.07. The normalized spacial score (nSPS) is 14.7. The predicted molar refractivity (Wildman–Crippen MR) is 118 cm³/mol. The van der Waals surface area contributed by atoms with Gasteiger partial charge in [0.15, 0.2) is 0 Å². The van der Waals surface area contributed by atoms with E-state index in [9.17, 15) is 14.7 Å². The summed E-state index contributed by atoms with van der Waals surface area (Å²) in [5.74, 6) is -0.954. The van der Waals surface area contributed by atoms with Crippen LogP contribution in [0.2, 0.25) is 0 Å². The van der Waals surface area contributed by atoms with E-state index in [1.807, 2.05) is 6.07 Å². The number of pyridine rings is 1. The second-order valence-electron chi connectivity index (χ2n) is 8.13. The molecule has 3 rings (SSSR count). The first-order valence-corrected chi connectivity index (χ1v) is 11.1. The fraction of sp³-hybridized carbons (Fsp3) is 0.542. The van der Waals surface area contributed by atoms with E-state index >= 15 is 0 Å². The Morgan fingerprint density at radius 2 is 1.93 bits per heavy atom. The van der Waals surface area contributed by atoms with E-state index in [0.29, 0.717) is 5.52 Å². The van der Waals surface area contributed by atoms with Crippen molar-refractivity contribution < 1.29 is 19.4 Å². The number of hydrogen-bond donors (Lipinski definition) is 2. The summed E-state index contributed by atoms with van der Waals surface area (Å²) in [6.07, 6.45) is 9.05. The highest BCUT2D eigenvalue weighted by molar-refractivity contribution is 6.06. The standard InChI is InChI=1S/C24H32N2O4/c1-3-16-11-13-18-21(17(16)12-10-15-8-6-5-7-9-15)23(25)22(24(28)29)19(26-18)14-20(27)30-4-2/h11,13,15H,3-10,12,14H2,1-2H3,(H2,25,26)(H,28,29). The van der Waals surface area contributed by atoms with Gasteiger partial charge in [-0.1, -0.05) is 45.1 Å². The number of carbonyl (C=O) groups excluding carboxylic acids is 1. The van der Waals surface area contributed by atoms with E-state index in [-0.39, 0.29) is 30.0 Å². The molecule has 0 bridgehead atoms. The van der Waals surface area contributed by atoms with Crippen LogP contribution >= 0.6 is 0 Å². The van der Waals surface area contributed by atoms with Gasteiger partial charge in [0.2, 0.25) is 0 Å². The van der Waals surface area contributed by atoms with Crippen LogP contribution in [0.1, 0.15) is 79.6 Å². The number of nitrogens with zero attached hydrogens (tertiary/aromatic N) is 1. The van der Waals surface area contributed by atoms with Gasteiger partial charge in [0, 0.05) is 5.39 Å². The second-order valence-corrected chi connectivity index (χ2v) is 8.13. The highest BCUT2D eigenvalue weighted by Crippen LogP contribution is 2.35. The van der Waals surface area contributed by atoms with Gasteiger partial charge in [0.1, 0.15) is 5.56 Å². The van der Waals surface area contributed by atoms with E-state index in [4.69, 9.17) is 10.5 Å². The maximum absolute atomic E-state index is 12.0. The predicted octanol–water partition coefficient (Wildman–Crippen LogP) is 4.70. The maximum atomic E-state index is 12.0. The molecule has 30 heavy (non-hydrogen) atoms. The number of anilines is 1. The average molecular weight is 413 g/mol. The van der Waals surface area contributed by atoms with Crippen LogP contribution in [0.5, 0.6) is 0 Å². The van der Waals surface area contributed by atoms with E-state index in [2.05, 4.69) is 18.0 Å². The van der Waals surface area contributed by atoms with Crippen molar-refractivity contribution in [1.29, 1.82) is 0 Å². The molecule has 0 unspecified atom stereocenters. The molecule has 6 nitrogen and oxygen atoms in total. The van der Waals surface area contributed by atoms with Crippen LogP contribution in [0, 0.1) is 5.92 Å². The molecule has 0 aliphatic heterocycles. The summed E-state index contributed by atoms with van der Waals surface area (Å²) < 4.78 is 4.99. The third-order valence-corrected chi connectivity index (χ3v) is 6.21. The Morgan fingerprint density at radius 3 is 2.57 bits per heavy atom. The summed E-state index contributed by atoms with van der Waals surface area (Å²) in [5.41, 5.74) is 9.65. The van der Waals surface area contributed by atoms with Crippen molar-refractivity contribution in [3.63, 3.8) is 0 Å². The third kappa shape index (κ3) is 4.74. The Bertz CT molecular complexity index is 933. The number of aromatic nitrogens is 1. The second kappa shape index (κ2) is 9.92. The quantitative estimate of drug-likeness (QED) is 0.610. The highest BCUT2D eigenvalue weighted by atomic mass is 16.5. The van der Waals surface area contributed by atoms with Gasteiger partial charge in [0.25, 0.3) is 0 Å². The minimum atomic E-state index is -1.17. The molecule has 1 aromatic heterocycles. The van der Waals surface area contributed by atoms with Crippen molar-refractivity contribution in [3.8, 4) is 0 Å². The van der Waals surface area contributed by atoms with Crippen LogP contribution in [0.4, 0.5) is 5.69 Å². The Labute approximate surface area is 177 Å². The van der Waals surface area contributed by atoms with E-state index in [1.54, 1.807) is 6.92 Å². The number of ether oxygens (including phenoxy) is 1. The van der Waals surface area contributed by atoms with Gasteiger partial charge in [-0.05, 0) is 49.3 Å². The fourth-order valence-electron chi connectivity index (χ4n) is 4.71. The zero-order valence-electron chi connectivity index (χ0n) is 18.0. The zero-order valence-corrected chi connectivity index (χ0v) is 18.0. The lowest BCUT2D eigenvalue weighted by molar-refractivity contribution is -0.142. The molecule has 2 aromatic rings. The molecule has 1 aliphatic rings. The van der Waals surface area contributed by atoms with Crippen molar-refractivity contribution in [3.05, 3.63) is 34.5 Å². The number of rotatable bonds is 8. The first-order valence-electron chi connectivity index (χ1n) is 11.1. The average Bonchev–Trinajstić information content (AvgIpc) is 2.72. The molecule has 0 spiro atoms. The van der Waals surface area contributed by atoms with Gasteiger partial charge in [-0.2, -0.15) is 0 Å². The molecular formula is C24H32N2O4. The third-order valence-electron chi connectivity index (χ3n) is 6.21. The van der Waals surface area contributed by atoms with Crippen molar-refractivity contribution >= 4 is 28.5 Å². The minimum Gasteiger partial charge on any atom is -0.478 e. The summed E-state index contributed by atoms with van der Waals surface area (Å²) in [5, 5.41) is 10.6. The lowest BCUT2D eigenvalue weighted by Gasteiger charge is -2.23. The fourth-order valence-corrected chi connectivity index (χ4v) is 4.71. The minimum absolute atomic E-state index is 0.0808. The molecule has 6 heteroatoms. The van der Waals surface area contributed by atoms with Gasteiger partial charge >= 0.3 is 11.9 Å². The van der Waals surface area contributed by atoms with Crippen LogP contribution < -0.4 is 5.73 Å². The number of nitrogen functional groups attached to an aromatic ring is 1. The first-order chi connectivity index (χ1) is 14.5. The summed E-state index contributed by atoms with van der Waals surface area (Å²) in [6, 6.07) is 3.94. The van der Waals surface area contributed by atoms with Gasteiger partial charge in [0.05, 0.1) is 29.9 Å². The molecule has 3 N–H and O–H groups in total. The summed E-state index contributed by atoms with van der Waals surface area (Å²) in [6.45, 7) is 4.04. The molecule has 1 saturated carbocycles.